The van der Waals surface area contributed by atoms with E-state index < -0.39 is 0 Å². The fraction of sp³-hybridized carbons (Fsp3) is 0.444. The largest absolute Gasteiger partial charge is 0.409 e. The first-order valence-corrected chi connectivity index (χ1v) is 5.32. The summed E-state index contributed by atoms with van der Waals surface area (Å²) in [5.74, 6) is 0.264. The first kappa shape index (κ1) is 11.0. The maximum atomic E-state index is 8.30. The van der Waals surface area contributed by atoms with E-state index in [9.17, 15) is 0 Å². The Balaban J connectivity index is 2.20. The predicted molar refractivity (Wildman–Crippen MR) is 58.8 cm³/mol. The second kappa shape index (κ2) is 5.62. The van der Waals surface area contributed by atoms with Gasteiger partial charge in [-0.15, -0.1) is 11.3 Å². The van der Waals surface area contributed by atoms with Gasteiger partial charge in [0, 0.05) is 24.4 Å². The van der Waals surface area contributed by atoms with E-state index in [1.165, 1.54) is 10.4 Å². The zero-order valence-electron chi connectivity index (χ0n) is 8.16. The second-order valence-corrected chi connectivity index (χ2v) is 4.05. The molecule has 1 aromatic heterocycles. The van der Waals surface area contributed by atoms with Crippen LogP contribution in [0.25, 0.3) is 0 Å². The Bertz CT molecular complexity index is 309. The molecule has 4 nitrogen and oxygen atoms in total. The van der Waals surface area contributed by atoms with Crippen molar-refractivity contribution < 1.29 is 5.21 Å². The van der Waals surface area contributed by atoms with Crippen LogP contribution in [0.5, 0.6) is 0 Å². The summed E-state index contributed by atoms with van der Waals surface area (Å²) in [4.78, 5) is 1.34. The number of nitrogens with two attached hydrogens (primary N) is 1. The lowest BCUT2D eigenvalue weighted by atomic mass is 10.3. The fourth-order valence-electron chi connectivity index (χ4n) is 1.05. The lowest BCUT2D eigenvalue weighted by Crippen LogP contribution is -2.21. The van der Waals surface area contributed by atoms with Crippen LogP contribution < -0.4 is 11.1 Å². The molecule has 0 unspecified atom stereocenters. The minimum absolute atomic E-state index is 0.264. The molecule has 14 heavy (non-hydrogen) atoms. The number of hydrogen-bond donors (Lipinski definition) is 3. The maximum absolute atomic E-state index is 8.30. The van der Waals surface area contributed by atoms with E-state index >= 15 is 0 Å². The van der Waals surface area contributed by atoms with Crippen LogP contribution in [0.4, 0.5) is 0 Å². The predicted octanol–water partition coefficient (Wildman–Crippen LogP) is 1.28. The highest BCUT2D eigenvalue weighted by molar-refractivity contribution is 7.10. The van der Waals surface area contributed by atoms with E-state index in [-0.39, 0.29) is 5.84 Å². The molecule has 5 heteroatoms. The molecule has 0 amide bonds. The van der Waals surface area contributed by atoms with E-state index in [1.54, 1.807) is 11.3 Å². The number of amidine groups is 1. The molecule has 0 aliphatic rings. The summed E-state index contributed by atoms with van der Waals surface area (Å²) in [5.41, 5.74) is 6.64. The molecule has 0 saturated heterocycles. The van der Waals surface area contributed by atoms with Crippen LogP contribution >= 0.6 is 11.3 Å². The molecule has 0 atom stereocenters. The maximum Gasteiger partial charge on any atom is 0.140 e. The van der Waals surface area contributed by atoms with Gasteiger partial charge in [-0.3, -0.25) is 0 Å². The molecule has 1 heterocycles. The van der Waals surface area contributed by atoms with Gasteiger partial charge in [0.15, 0.2) is 0 Å². The van der Waals surface area contributed by atoms with Crippen molar-refractivity contribution >= 4 is 17.2 Å². The van der Waals surface area contributed by atoms with Crippen LogP contribution in [0.1, 0.15) is 16.9 Å². The Morgan fingerprint density at radius 3 is 3.07 bits per heavy atom. The Kier molecular flexibility index (Phi) is 4.42. The number of thiophene rings is 1. The average molecular weight is 213 g/mol. The van der Waals surface area contributed by atoms with Crippen molar-refractivity contribution in [2.24, 2.45) is 10.9 Å². The van der Waals surface area contributed by atoms with Gasteiger partial charge in [-0.2, -0.15) is 0 Å². The van der Waals surface area contributed by atoms with Crippen molar-refractivity contribution in [3.05, 3.63) is 21.9 Å². The normalized spacial score (nSPS) is 11.9. The first-order valence-electron chi connectivity index (χ1n) is 4.44. The molecule has 78 valence electrons. The van der Waals surface area contributed by atoms with E-state index in [2.05, 4.69) is 28.8 Å². The summed E-state index contributed by atoms with van der Waals surface area (Å²) >= 11 is 1.74. The highest BCUT2D eigenvalue weighted by Crippen LogP contribution is 2.14. The van der Waals surface area contributed by atoms with Crippen LogP contribution in [0, 0.1) is 6.92 Å². The molecule has 0 saturated carbocycles. The van der Waals surface area contributed by atoms with E-state index in [4.69, 9.17) is 10.9 Å². The lowest BCUT2D eigenvalue weighted by Gasteiger charge is -2.02. The molecule has 0 bridgehead atoms. The van der Waals surface area contributed by atoms with Gasteiger partial charge in [-0.05, 0) is 23.9 Å². The molecule has 0 aliphatic heterocycles. The van der Waals surface area contributed by atoms with Crippen molar-refractivity contribution in [3.8, 4) is 0 Å². The highest BCUT2D eigenvalue weighted by Gasteiger charge is 1.98. The number of nitrogens with zero attached hydrogens (tertiary/aromatic N) is 1. The van der Waals surface area contributed by atoms with Crippen molar-refractivity contribution in [1.82, 2.24) is 5.32 Å². The summed E-state index contributed by atoms with van der Waals surface area (Å²) < 4.78 is 0. The summed E-state index contributed by atoms with van der Waals surface area (Å²) in [6.45, 7) is 3.67. The van der Waals surface area contributed by atoms with Gasteiger partial charge in [0.05, 0.1) is 0 Å². The summed E-state index contributed by atoms with van der Waals surface area (Å²) in [5, 5.41) is 16.5. The third kappa shape index (κ3) is 3.35. The van der Waals surface area contributed by atoms with Crippen molar-refractivity contribution in [1.29, 1.82) is 0 Å². The van der Waals surface area contributed by atoms with Gasteiger partial charge in [0.2, 0.25) is 0 Å². The quantitative estimate of drug-likeness (QED) is 0.227. The van der Waals surface area contributed by atoms with Crippen LogP contribution in [-0.4, -0.2) is 17.6 Å². The number of aryl methyl sites for hydroxylation is 1. The molecule has 0 aliphatic carbocycles. The third-order valence-corrected chi connectivity index (χ3v) is 2.96. The van der Waals surface area contributed by atoms with Crippen molar-refractivity contribution in [2.45, 2.75) is 19.9 Å². The second-order valence-electron chi connectivity index (χ2n) is 3.04. The van der Waals surface area contributed by atoms with E-state index in [0.29, 0.717) is 6.42 Å². The van der Waals surface area contributed by atoms with Crippen LogP contribution in [0.2, 0.25) is 0 Å². The molecule has 0 radical (unpaired) electrons. The Morgan fingerprint density at radius 1 is 1.71 bits per heavy atom. The number of hydrogen-bond acceptors (Lipinski definition) is 4. The molecule has 0 aromatic carbocycles. The minimum Gasteiger partial charge on any atom is -0.409 e. The van der Waals surface area contributed by atoms with Crippen LogP contribution in [0.3, 0.4) is 0 Å². The van der Waals surface area contributed by atoms with Crippen molar-refractivity contribution in [2.75, 3.05) is 6.54 Å². The summed E-state index contributed by atoms with van der Waals surface area (Å²) in [7, 11) is 0. The Labute approximate surface area is 87.4 Å². The van der Waals surface area contributed by atoms with E-state index in [0.717, 1.165) is 13.1 Å². The Morgan fingerprint density at radius 2 is 2.50 bits per heavy atom. The third-order valence-electron chi connectivity index (χ3n) is 1.94. The van der Waals surface area contributed by atoms with Gasteiger partial charge in [0.1, 0.15) is 5.84 Å². The molecule has 4 N–H and O–H groups in total. The molecule has 0 fully saturated rings. The van der Waals surface area contributed by atoms with E-state index in [1.807, 2.05) is 0 Å². The summed E-state index contributed by atoms with van der Waals surface area (Å²) in [6.07, 6.45) is 0.570. The van der Waals surface area contributed by atoms with Crippen molar-refractivity contribution in [3.63, 3.8) is 0 Å². The fourth-order valence-corrected chi connectivity index (χ4v) is 1.93. The van der Waals surface area contributed by atoms with Crippen LogP contribution in [0.15, 0.2) is 16.6 Å². The average Bonchev–Trinajstić information content (AvgIpc) is 2.58. The summed E-state index contributed by atoms with van der Waals surface area (Å²) in [6, 6.07) is 2.10. The number of rotatable bonds is 5. The SMILES string of the molecule is Cc1ccsc1CNCCC(N)=NO. The van der Waals surface area contributed by atoms with Gasteiger partial charge < -0.3 is 16.3 Å². The standard InChI is InChI=1S/C9H15N3OS/c1-7-3-5-14-8(7)6-11-4-2-9(10)12-13/h3,5,11,13H,2,4,6H2,1H3,(H2,10,12). The molecule has 1 rings (SSSR count). The minimum atomic E-state index is 0.264. The Hall–Kier alpha value is -1.07. The zero-order valence-corrected chi connectivity index (χ0v) is 8.97. The van der Waals surface area contributed by atoms with Crippen LogP contribution in [-0.2, 0) is 6.54 Å². The van der Waals surface area contributed by atoms with Gasteiger partial charge in [-0.25, -0.2) is 0 Å². The number of oxime groups is 1. The monoisotopic (exact) mass is 213 g/mol. The smallest absolute Gasteiger partial charge is 0.140 e. The lowest BCUT2D eigenvalue weighted by molar-refractivity contribution is 0.316. The topological polar surface area (TPSA) is 70.6 Å². The molecular formula is C9H15N3OS. The van der Waals surface area contributed by atoms with Gasteiger partial charge in [0.25, 0.3) is 0 Å². The highest BCUT2D eigenvalue weighted by atomic mass is 32.1. The molecule has 1 aromatic rings. The molecular weight excluding hydrogens is 198 g/mol. The zero-order chi connectivity index (χ0) is 10.4. The van der Waals surface area contributed by atoms with Gasteiger partial charge in [-0.1, -0.05) is 5.16 Å². The molecule has 0 spiro atoms. The first-order chi connectivity index (χ1) is 6.74. The van der Waals surface area contributed by atoms with Gasteiger partial charge >= 0.3 is 0 Å². The number of nitrogens with one attached hydrogen (secondary N) is 1.